The third-order valence-electron chi connectivity index (χ3n) is 4.19. The van der Waals surface area contributed by atoms with Crippen LogP contribution in [-0.2, 0) is 9.59 Å². The van der Waals surface area contributed by atoms with Gasteiger partial charge in [-0.3, -0.25) is 9.59 Å². The summed E-state index contributed by atoms with van der Waals surface area (Å²) in [4.78, 5) is 24.0. The molecule has 0 aromatic heterocycles. The molecule has 2 aliphatic rings. The highest BCUT2D eigenvalue weighted by Crippen LogP contribution is 2.33. The van der Waals surface area contributed by atoms with Crippen LogP contribution in [-0.4, -0.2) is 11.6 Å². The predicted molar refractivity (Wildman–Crippen MR) is 63.2 cm³/mol. The van der Waals surface area contributed by atoms with E-state index in [0.717, 1.165) is 38.5 Å². The van der Waals surface area contributed by atoms with Crippen LogP contribution in [0.1, 0.15) is 64.2 Å². The van der Waals surface area contributed by atoms with Gasteiger partial charge in [-0.2, -0.15) is 0 Å². The lowest BCUT2D eigenvalue weighted by atomic mass is 9.80. The molecule has 0 N–H and O–H groups in total. The molecule has 2 unspecified atom stereocenters. The first-order valence-corrected chi connectivity index (χ1v) is 6.84. The van der Waals surface area contributed by atoms with Crippen LogP contribution in [0.3, 0.4) is 0 Å². The van der Waals surface area contributed by atoms with Crippen LogP contribution in [0.2, 0.25) is 0 Å². The van der Waals surface area contributed by atoms with Crippen molar-refractivity contribution >= 4 is 11.6 Å². The van der Waals surface area contributed by atoms with E-state index in [9.17, 15) is 9.59 Å². The molecule has 0 bridgehead atoms. The monoisotopic (exact) mass is 222 g/mol. The van der Waals surface area contributed by atoms with E-state index in [1.807, 2.05) is 0 Å². The molecule has 2 nitrogen and oxygen atoms in total. The van der Waals surface area contributed by atoms with Gasteiger partial charge in [-0.05, 0) is 25.7 Å². The molecule has 0 aliphatic heterocycles. The first-order valence-electron chi connectivity index (χ1n) is 6.84. The quantitative estimate of drug-likeness (QED) is 0.638. The second-order valence-electron chi connectivity index (χ2n) is 5.34. The van der Waals surface area contributed by atoms with E-state index in [1.165, 1.54) is 12.8 Å². The van der Waals surface area contributed by atoms with Crippen molar-refractivity contribution in [2.24, 2.45) is 11.8 Å². The Bertz CT molecular complexity index is 242. The molecule has 2 heteroatoms. The number of carbonyl (C=O) groups excluding carboxylic acids is 2. The van der Waals surface area contributed by atoms with Crippen molar-refractivity contribution in [3.05, 3.63) is 0 Å². The first-order chi connectivity index (χ1) is 7.79. The molecule has 0 aromatic carbocycles. The molecule has 2 saturated carbocycles. The highest BCUT2D eigenvalue weighted by molar-refractivity contribution is 5.90. The summed E-state index contributed by atoms with van der Waals surface area (Å²) < 4.78 is 0. The maximum absolute atomic E-state index is 12.0. The summed E-state index contributed by atoms with van der Waals surface area (Å²) in [5.74, 6) is 0.900. The number of rotatable bonds is 1. The lowest BCUT2D eigenvalue weighted by Gasteiger charge is -2.22. The van der Waals surface area contributed by atoms with Gasteiger partial charge in [0.15, 0.2) is 0 Å². The molecule has 0 aromatic rings. The highest BCUT2D eigenvalue weighted by atomic mass is 16.1. The average Bonchev–Trinajstić information content (AvgIpc) is 2.59. The van der Waals surface area contributed by atoms with Crippen molar-refractivity contribution in [1.82, 2.24) is 0 Å². The zero-order valence-electron chi connectivity index (χ0n) is 10.0. The average molecular weight is 222 g/mol. The molecule has 2 rings (SSSR count). The van der Waals surface area contributed by atoms with Crippen LogP contribution in [0.25, 0.3) is 0 Å². The van der Waals surface area contributed by atoms with Gasteiger partial charge in [0.1, 0.15) is 11.6 Å². The highest BCUT2D eigenvalue weighted by Gasteiger charge is 2.33. The van der Waals surface area contributed by atoms with Crippen LogP contribution in [0.15, 0.2) is 0 Å². The zero-order valence-corrected chi connectivity index (χ0v) is 10.0. The summed E-state index contributed by atoms with van der Waals surface area (Å²) in [7, 11) is 0. The maximum Gasteiger partial charge on any atom is 0.136 e. The Morgan fingerprint density at radius 2 is 1.06 bits per heavy atom. The van der Waals surface area contributed by atoms with Gasteiger partial charge in [-0.25, -0.2) is 0 Å². The van der Waals surface area contributed by atoms with Crippen molar-refractivity contribution in [3.8, 4) is 0 Å². The molecule has 0 radical (unpaired) electrons. The van der Waals surface area contributed by atoms with Crippen molar-refractivity contribution in [2.45, 2.75) is 64.2 Å². The van der Waals surface area contributed by atoms with E-state index >= 15 is 0 Å². The van der Waals surface area contributed by atoms with Gasteiger partial charge in [-0.15, -0.1) is 0 Å². The van der Waals surface area contributed by atoms with Crippen molar-refractivity contribution in [1.29, 1.82) is 0 Å². The molecule has 2 fully saturated rings. The van der Waals surface area contributed by atoms with Gasteiger partial charge < -0.3 is 0 Å². The smallest absolute Gasteiger partial charge is 0.136 e. The van der Waals surface area contributed by atoms with Gasteiger partial charge >= 0.3 is 0 Å². The normalized spacial score (nSPS) is 33.2. The van der Waals surface area contributed by atoms with E-state index in [1.54, 1.807) is 0 Å². The standard InChI is InChI=1S/C14H22O2/c15-13-9-5-1-3-7-11(13)12-8-4-2-6-10-14(12)16/h11-12H,1-10H2. The number of ketones is 2. The second kappa shape index (κ2) is 5.60. The second-order valence-corrected chi connectivity index (χ2v) is 5.34. The molecule has 0 heterocycles. The Balaban J connectivity index is 2.07. The minimum atomic E-state index is 0.0769. The molecule has 2 aliphatic carbocycles. The van der Waals surface area contributed by atoms with Crippen LogP contribution in [0, 0.1) is 11.8 Å². The van der Waals surface area contributed by atoms with Crippen LogP contribution in [0.4, 0.5) is 0 Å². The molecule has 0 amide bonds. The number of hydrogen-bond donors (Lipinski definition) is 0. The number of Topliss-reactive ketones (excluding diaryl/α,β-unsaturated/α-hetero) is 2. The van der Waals surface area contributed by atoms with E-state index in [2.05, 4.69) is 0 Å². The molecule has 90 valence electrons. The fraction of sp³-hybridized carbons (Fsp3) is 0.857. The summed E-state index contributed by atoms with van der Waals surface area (Å²) in [5, 5.41) is 0. The third-order valence-corrected chi connectivity index (χ3v) is 4.19. The van der Waals surface area contributed by atoms with Gasteiger partial charge in [0.25, 0.3) is 0 Å². The lowest BCUT2D eigenvalue weighted by Crippen LogP contribution is -2.28. The van der Waals surface area contributed by atoms with Gasteiger partial charge in [-0.1, -0.05) is 25.7 Å². The fourth-order valence-electron chi connectivity index (χ4n) is 3.22. The summed E-state index contributed by atoms with van der Waals surface area (Å²) in [5.41, 5.74) is 0. The largest absolute Gasteiger partial charge is 0.299 e. The third kappa shape index (κ3) is 2.72. The minimum absolute atomic E-state index is 0.0769. The molecular formula is C14H22O2. The lowest BCUT2D eigenvalue weighted by molar-refractivity contribution is -0.132. The van der Waals surface area contributed by atoms with Crippen molar-refractivity contribution in [3.63, 3.8) is 0 Å². The summed E-state index contributed by atoms with van der Waals surface area (Å²) >= 11 is 0. The topological polar surface area (TPSA) is 34.1 Å². The van der Waals surface area contributed by atoms with E-state index in [0.29, 0.717) is 24.4 Å². The molecular weight excluding hydrogens is 200 g/mol. The Morgan fingerprint density at radius 1 is 0.625 bits per heavy atom. The maximum atomic E-state index is 12.0. The molecule has 2 atom stereocenters. The van der Waals surface area contributed by atoms with E-state index in [-0.39, 0.29) is 11.8 Å². The zero-order chi connectivity index (χ0) is 11.4. The van der Waals surface area contributed by atoms with Crippen molar-refractivity contribution in [2.75, 3.05) is 0 Å². The van der Waals surface area contributed by atoms with E-state index < -0.39 is 0 Å². The van der Waals surface area contributed by atoms with Crippen LogP contribution < -0.4 is 0 Å². The molecule has 0 saturated heterocycles. The Kier molecular flexibility index (Phi) is 4.14. The van der Waals surface area contributed by atoms with Crippen molar-refractivity contribution < 1.29 is 9.59 Å². The van der Waals surface area contributed by atoms with Gasteiger partial charge in [0.2, 0.25) is 0 Å². The van der Waals surface area contributed by atoms with Gasteiger partial charge in [0, 0.05) is 24.7 Å². The Hall–Kier alpha value is -0.660. The number of hydrogen-bond acceptors (Lipinski definition) is 2. The summed E-state index contributed by atoms with van der Waals surface area (Å²) in [6, 6.07) is 0. The predicted octanol–water partition coefficient (Wildman–Crippen LogP) is 3.29. The fourth-order valence-corrected chi connectivity index (χ4v) is 3.22. The Morgan fingerprint density at radius 3 is 1.50 bits per heavy atom. The van der Waals surface area contributed by atoms with Gasteiger partial charge in [0.05, 0.1) is 0 Å². The van der Waals surface area contributed by atoms with Crippen LogP contribution in [0.5, 0.6) is 0 Å². The van der Waals surface area contributed by atoms with Crippen LogP contribution >= 0.6 is 0 Å². The summed E-state index contributed by atoms with van der Waals surface area (Å²) in [6.07, 6.45) is 10.1. The Labute approximate surface area is 97.8 Å². The van der Waals surface area contributed by atoms with E-state index in [4.69, 9.17) is 0 Å². The number of carbonyl (C=O) groups is 2. The SMILES string of the molecule is O=C1CCCCCC1C1CCCCCC1=O. The molecule has 16 heavy (non-hydrogen) atoms. The minimum Gasteiger partial charge on any atom is -0.299 e. The molecule has 0 spiro atoms. The summed E-state index contributed by atoms with van der Waals surface area (Å²) in [6.45, 7) is 0. The first kappa shape index (κ1) is 11.8.